The van der Waals surface area contributed by atoms with Gasteiger partial charge in [-0.05, 0) is 53.9 Å². The van der Waals surface area contributed by atoms with Crippen LogP contribution < -0.4 is 9.62 Å². The van der Waals surface area contributed by atoms with Gasteiger partial charge in [-0.15, -0.1) is 0 Å². The summed E-state index contributed by atoms with van der Waals surface area (Å²) in [5, 5.41) is 2.98. The number of hydrogen-bond acceptors (Lipinski definition) is 4. The number of rotatable bonds is 7. The summed E-state index contributed by atoms with van der Waals surface area (Å²) in [6, 6.07) is 17.8. The standard InChI is InChI=1S/C21H20ClN3O3S/c1-29(27,28)25(20-5-3-2-4-19(20)22)15-21(26)24-18-8-6-16(7-9-18)14-17-10-12-23-13-11-17/h2-13H,14-15H2,1H3,(H,24,26). The smallest absolute Gasteiger partial charge is 0.245 e. The Hall–Kier alpha value is -2.90. The van der Waals surface area contributed by atoms with E-state index in [-0.39, 0.29) is 17.3 Å². The first-order valence-corrected chi connectivity index (χ1v) is 11.1. The van der Waals surface area contributed by atoms with Crippen molar-refractivity contribution >= 4 is 38.9 Å². The second kappa shape index (κ2) is 9.07. The summed E-state index contributed by atoms with van der Waals surface area (Å²) in [6.07, 6.45) is 5.29. The molecule has 29 heavy (non-hydrogen) atoms. The molecule has 3 aromatic rings. The SMILES string of the molecule is CS(=O)(=O)N(CC(=O)Nc1ccc(Cc2ccncc2)cc1)c1ccccc1Cl. The molecule has 8 heteroatoms. The highest BCUT2D eigenvalue weighted by atomic mass is 35.5. The molecule has 0 saturated carbocycles. The minimum absolute atomic E-state index is 0.256. The molecule has 0 saturated heterocycles. The second-order valence-electron chi connectivity index (χ2n) is 6.50. The number of anilines is 2. The van der Waals surface area contributed by atoms with Crippen LogP contribution in [0.3, 0.4) is 0 Å². The highest BCUT2D eigenvalue weighted by Crippen LogP contribution is 2.27. The number of benzene rings is 2. The van der Waals surface area contributed by atoms with Crippen molar-refractivity contribution in [1.82, 2.24) is 4.98 Å². The molecule has 0 fully saturated rings. The molecule has 0 aliphatic heterocycles. The van der Waals surface area contributed by atoms with E-state index in [2.05, 4.69) is 10.3 Å². The predicted molar refractivity (Wildman–Crippen MR) is 116 cm³/mol. The van der Waals surface area contributed by atoms with Crippen molar-refractivity contribution in [2.75, 3.05) is 22.4 Å². The van der Waals surface area contributed by atoms with E-state index >= 15 is 0 Å². The molecule has 0 aliphatic carbocycles. The van der Waals surface area contributed by atoms with Gasteiger partial charge in [0.05, 0.1) is 17.0 Å². The van der Waals surface area contributed by atoms with Gasteiger partial charge < -0.3 is 5.32 Å². The van der Waals surface area contributed by atoms with E-state index in [9.17, 15) is 13.2 Å². The fourth-order valence-electron chi connectivity index (χ4n) is 2.81. The van der Waals surface area contributed by atoms with Gasteiger partial charge in [-0.1, -0.05) is 35.9 Å². The van der Waals surface area contributed by atoms with Crippen LogP contribution in [0.2, 0.25) is 5.02 Å². The molecule has 0 aliphatic rings. The number of pyridine rings is 1. The molecular weight excluding hydrogens is 410 g/mol. The van der Waals surface area contributed by atoms with Crippen molar-refractivity contribution < 1.29 is 13.2 Å². The predicted octanol–water partition coefficient (Wildman–Crippen LogP) is 3.73. The van der Waals surface area contributed by atoms with Gasteiger partial charge in [-0.2, -0.15) is 0 Å². The number of carbonyl (C=O) groups excluding carboxylic acids is 1. The summed E-state index contributed by atoms with van der Waals surface area (Å²) >= 11 is 6.11. The van der Waals surface area contributed by atoms with Crippen molar-refractivity contribution in [2.45, 2.75) is 6.42 Å². The van der Waals surface area contributed by atoms with Crippen LogP contribution in [0.15, 0.2) is 73.1 Å². The normalized spacial score (nSPS) is 11.1. The van der Waals surface area contributed by atoms with Crippen LogP contribution in [0.1, 0.15) is 11.1 Å². The third-order valence-corrected chi connectivity index (χ3v) is 5.65. The minimum atomic E-state index is -3.69. The highest BCUT2D eigenvalue weighted by molar-refractivity contribution is 7.92. The van der Waals surface area contributed by atoms with Gasteiger partial charge in [-0.3, -0.25) is 14.1 Å². The fourth-order valence-corrected chi connectivity index (χ4v) is 3.96. The Balaban J connectivity index is 1.68. The Morgan fingerprint density at radius 1 is 1.00 bits per heavy atom. The Morgan fingerprint density at radius 2 is 1.62 bits per heavy atom. The number of halogens is 1. The topological polar surface area (TPSA) is 79.4 Å². The van der Waals surface area contributed by atoms with E-state index in [0.29, 0.717) is 5.69 Å². The van der Waals surface area contributed by atoms with Crippen molar-refractivity contribution in [3.8, 4) is 0 Å². The number of nitrogens with one attached hydrogen (secondary N) is 1. The summed E-state index contributed by atoms with van der Waals surface area (Å²) in [4.78, 5) is 16.5. The van der Waals surface area contributed by atoms with Crippen LogP contribution in [0, 0.1) is 0 Å². The largest absolute Gasteiger partial charge is 0.325 e. The first-order chi connectivity index (χ1) is 13.8. The molecule has 150 valence electrons. The number of hydrogen-bond donors (Lipinski definition) is 1. The van der Waals surface area contributed by atoms with Crippen molar-refractivity contribution in [1.29, 1.82) is 0 Å². The van der Waals surface area contributed by atoms with Crippen molar-refractivity contribution in [3.63, 3.8) is 0 Å². The van der Waals surface area contributed by atoms with E-state index in [1.54, 1.807) is 48.8 Å². The van der Waals surface area contributed by atoms with Crippen LogP contribution >= 0.6 is 11.6 Å². The molecule has 1 N–H and O–H groups in total. The lowest BCUT2D eigenvalue weighted by Crippen LogP contribution is -2.37. The zero-order valence-electron chi connectivity index (χ0n) is 15.7. The van der Waals surface area contributed by atoms with Gasteiger partial charge in [-0.25, -0.2) is 8.42 Å². The van der Waals surface area contributed by atoms with Crippen LogP contribution in [-0.2, 0) is 21.2 Å². The van der Waals surface area contributed by atoms with E-state index < -0.39 is 15.9 Å². The van der Waals surface area contributed by atoms with Crippen LogP contribution in [-0.4, -0.2) is 32.1 Å². The van der Waals surface area contributed by atoms with Gasteiger partial charge in [0.25, 0.3) is 0 Å². The zero-order valence-corrected chi connectivity index (χ0v) is 17.3. The molecule has 0 bridgehead atoms. The van der Waals surface area contributed by atoms with Gasteiger partial charge in [0, 0.05) is 18.1 Å². The Bertz CT molecular complexity index is 1090. The number of carbonyl (C=O) groups is 1. The van der Waals surface area contributed by atoms with Crippen LogP contribution in [0.25, 0.3) is 0 Å². The molecule has 0 atom stereocenters. The second-order valence-corrected chi connectivity index (χ2v) is 8.81. The number of amides is 1. The van der Waals surface area contributed by atoms with Crippen molar-refractivity contribution in [3.05, 3.63) is 89.2 Å². The first-order valence-electron chi connectivity index (χ1n) is 8.83. The molecule has 2 aromatic carbocycles. The van der Waals surface area contributed by atoms with Gasteiger partial charge in [0.2, 0.25) is 15.9 Å². The molecule has 1 heterocycles. The summed E-state index contributed by atoms with van der Waals surface area (Å²) < 4.78 is 25.3. The lowest BCUT2D eigenvalue weighted by atomic mass is 10.1. The molecule has 3 rings (SSSR count). The van der Waals surface area contributed by atoms with Gasteiger partial charge >= 0.3 is 0 Å². The summed E-state index contributed by atoms with van der Waals surface area (Å²) in [5.74, 6) is -0.461. The monoisotopic (exact) mass is 429 g/mol. The zero-order chi connectivity index (χ0) is 20.9. The van der Waals surface area contributed by atoms with Crippen LogP contribution in [0.4, 0.5) is 11.4 Å². The Kier molecular flexibility index (Phi) is 6.51. The summed E-state index contributed by atoms with van der Waals surface area (Å²) in [7, 11) is -3.69. The maximum absolute atomic E-state index is 12.5. The lowest BCUT2D eigenvalue weighted by Gasteiger charge is -2.22. The van der Waals surface area contributed by atoms with Gasteiger partial charge in [0.1, 0.15) is 6.54 Å². The summed E-state index contributed by atoms with van der Waals surface area (Å²) in [6.45, 7) is -0.374. The maximum Gasteiger partial charge on any atom is 0.245 e. The molecule has 0 radical (unpaired) electrons. The number of nitrogens with zero attached hydrogens (tertiary/aromatic N) is 2. The molecule has 0 unspecified atom stereocenters. The molecule has 1 amide bonds. The van der Waals surface area contributed by atoms with Crippen LogP contribution in [0.5, 0.6) is 0 Å². The quantitative estimate of drug-likeness (QED) is 0.620. The summed E-state index contributed by atoms with van der Waals surface area (Å²) in [5.41, 5.74) is 3.07. The Labute approximate surface area is 175 Å². The van der Waals surface area contributed by atoms with Crippen molar-refractivity contribution in [2.24, 2.45) is 0 Å². The number of sulfonamides is 1. The average Bonchev–Trinajstić information content (AvgIpc) is 2.68. The minimum Gasteiger partial charge on any atom is -0.325 e. The molecule has 0 spiro atoms. The molecular formula is C21H20ClN3O3S. The molecule has 1 aromatic heterocycles. The third-order valence-electron chi connectivity index (χ3n) is 4.20. The maximum atomic E-state index is 12.5. The van der Waals surface area contributed by atoms with E-state index in [1.165, 1.54) is 0 Å². The Morgan fingerprint density at radius 3 is 2.24 bits per heavy atom. The third kappa shape index (κ3) is 5.79. The van der Waals surface area contributed by atoms with E-state index in [1.807, 2.05) is 24.3 Å². The first kappa shape index (κ1) is 20.8. The number of para-hydroxylation sites is 1. The van der Waals surface area contributed by atoms with E-state index in [0.717, 1.165) is 28.1 Å². The molecule has 6 nitrogen and oxygen atoms in total. The average molecular weight is 430 g/mol. The highest BCUT2D eigenvalue weighted by Gasteiger charge is 2.22. The lowest BCUT2D eigenvalue weighted by molar-refractivity contribution is -0.114. The fraction of sp³-hybridized carbons (Fsp3) is 0.143. The van der Waals surface area contributed by atoms with E-state index in [4.69, 9.17) is 11.6 Å². The van der Waals surface area contributed by atoms with Gasteiger partial charge in [0.15, 0.2) is 0 Å². The number of aromatic nitrogens is 1.